The van der Waals surface area contributed by atoms with Crippen LogP contribution in [0.4, 0.5) is 25.0 Å². The van der Waals surface area contributed by atoms with Gasteiger partial charge in [-0.25, -0.2) is 4.79 Å². The smallest absolute Gasteiger partial charge is 0.456 e. The molecule has 0 unspecified atom stereocenters. The molecule has 9 nitrogen and oxygen atoms in total. The number of aromatic nitrogens is 1. The first kappa shape index (κ1) is 22.1. The van der Waals surface area contributed by atoms with Gasteiger partial charge in [-0.2, -0.15) is 0 Å². The second-order valence-corrected chi connectivity index (χ2v) is 7.02. The summed E-state index contributed by atoms with van der Waals surface area (Å²) in [6.45, 7) is 0. The van der Waals surface area contributed by atoms with Crippen LogP contribution in [0.1, 0.15) is 10.5 Å². The van der Waals surface area contributed by atoms with Gasteiger partial charge in [0.05, 0.1) is 5.02 Å². The molecule has 170 valence electrons. The van der Waals surface area contributed by atoms with Crippen molar-refractivity contribution in [3.63, 3.8) is 0 Å². The van der Waals surface area contributed by atoms with Crippen LogP contribution in [-0.2, 0) is 0 Å². The average molecular weight is 477 g/mol. The summed E-state index contributed by atoms with van der Waals surface area (Å²) in [5, 5.41) is 7.72. The third-order valence-corrected chi connectivity index (χ3v) is 4.56. The molecule has 2 heterocycles. The lowest BCUT2D eigenvalue weighted by atomic mass is 10.2. The number of benzene rings is 2. The molecule has 0 saturated heterocycles. The van der Waals surface area contributed by atoms with Crippen LogP contribution in [0.5, 0.6) is 23.0 Å². The summed E-state index contributed by atoms with van der Waals surface area (Å²) in [4.78, 5) is 27.9. The minimum absolute atomic E-state index is 0.134. The highest BCUT2D eigenvalue weighted by molar-refractivity contribution is 6.32. The third-order valence-electron chi connectivity index (χ3n) is 4.27. The van der Waals surface area contributed by atoms with Gasteiger partial charge < -0.3 is 30.2 Å². The number of halogens is 3. The molecular formula is C21H15ClF2N4O5. The number of anilines is 2. The summed E-state index contributed by atoms with van der Waals surface area (Å²) in [7, 11) is 1.49. The van der Waals surface area contributed by atoms with E-state index in [-0.39, 0.29) is 39.6 Å². The maximum atomic E-state index is 13.1. The summed E-state index contributed by atoms with van der Waals surface area (Å²) in [6.07, 6.45) is -2.32. The zero-order chi connectivity index (χ0) is 23.6. The number of nitrogens with zero attached hydrogens (tertiary/aromatic N) is 1. The molecule has 0 fully saturated rings. The van der Waals surface area contributed by atoms with Crippen LogP contribution in [-0.4, -0.2) is 30.3 Å². The number of fused-ring (bicyclic) bond motifs is 1. The predicted octanol–water partition coefficient (Wildman–Crippen LogP) is 4.85. The van der Waals surface area contributed by atoms with Crippen molar-refractivity contribution >= 4 is 34.9 Å². The Bertz CT molecular complexity index is 1240. The normalized spacial score (nSPS) is 13.2. The number of hydrogen-bond acceptors (Lipinski definition) is 6. The van der Waals surface area contributed by atoms with Crippen LogP contribution in [0, 0.1) is 0 Å². The fourth-order valence-electron chi connectivity index (χ4n) is 2.84. The van der Waals surface area contributed by atoms with E-state index in [1.165, 1.54) is 49.6 Å². The number of amides is 3. The first-order chi connectivity index (χ1) is 15.7. The average Bonchev–Trinajstić information content (AvgIpc) is 3.08. The summed E-state index contributed by atoms with van der Waals surface area (Å²) in [5.74, 6) is -0.0676. The van der Waals surface area contributed by atoms with Gasteiger partial charge in [0.25, 0.3) is 5.91 Å². The fourth-order valence-corrected chi connectivity index (χ4v) is 3.05. The molecule has 2 aromatic carbocycles. The van der Waals surface area contributed by atoms with Crippen LogP contribution in [0.25, 0.3) is 0 Å². The van der Waals surface area contributed by atoms with Crippen LogP contribution in [0.15, 0.2) is 54.7 Å². The maximum Gasteiger partial charge on any atom is 0.586 e. The molecule has 3 amide bonds. The molecular weight excluding hydrogens is 462 g/mol. The van der Waals surface area contributed by atoms with Crippen molar-refractivity contribution in [1.29, 1.82) is 0 Å². The van der Waals surface area contributed by atoms with E-state index in [1.807, 2.05) is 0 Å². The van der Waals surface area contributed by atoms with Crippen molar-refractivity contribution in [2.75, 3.05) is 17.7 Å². The first-order valence-corrected chi connectivity index (χ1v) is 9.74. The molecule has 4 rings (SSSR count). The van der Waals surface area contributed by atoms with E-state index in [2.05, 4.69) is 30.4 Å². The van der Waals surface area contributed by atoms with Crippen LogP contribution in [0.3, 0.4) is 0 Å². The highest BCUT2D eigenvalue weighted by Gasteiger charge is 2.43. The van der Waals surface area contributed by atoms with Crippen molar-refractivity contribution < 1.29 is 32.6 Å². The number of carbonyl (C=O) groups excluding carboxylic acids is 2. The van der Waals surface area contributed by atoms with Gasteiger partial charge in [-0.05, 0) is 36.4 Å². The van der Waals surface area contributed by atoms with Gasteiger partial charge in [0.2, 0.25) is 0 Å². The molecule has 3 N–H and O–H groups in total. The third kappa shape index (κ3) is 5.21. The van der Waals surface area contributed by atoms with Gasteiger partial charge in [-0.15, -0.1) is 8.78 Å². The van der Waals surface area contributed by atoms with E-state index in [4.69, 9.17) is 16.3 Å². The van der Waals surface area contributed by atoms with Crippen LogP contribution >= 0.6 is 11.6 Å². The molecule has 0 saturated carbocycles. The highest BCUT2D eigenvalue weighted by Crippen LogP contribution is 2.42. The van der Waals surface area contributed by atoms with Crippen LogP contribution < -0.4 is 30.2 Å². The van der Waals surface area contributed by atoms with E-state index in [9.17, 15) is 18.4 Å². The Morgan fingerprint density at radius 2 is 1.70 bits per heavy atom. The second kappa shape index (κ2) is 8.79. The zero-order valence-corrected chi connectivity index (χ0v) is 17.6. The highest BCUT2D eigenvalue weighted by atomic mass is 35.5. The van der Waals surface area contributed by atoms with Gasteiger partial charge in [0.15, 0.2) is 11.5 Å². The summed E-state index contributed by atoms with van der Waals surface area (Å²) < 4.78 is 40.6. The number of nitrogens with one attached hydrogen (secondary N) is 3. The Morgan fingerprint density at radius 3 is 2.42 bits per heavy atom. The lowest BCUT2D eigenvalue weighted by molar-refractivity contribution is -0.286. The number of hydrogen-bond donors (Lipinski definition) is 3. The molecule has 1 aromatic heterocycles. The Morgan fingerprint density at radius 1 is 1.00 bits per heavy atom. The zero-order valence-electron chi connectivity index (χ0n) is 16.8. The number of pyridine rings is 1. The summed E-state index contributed by atoms with van der Waals surface area (Å²) >= 11 is 6.25. The standard InChI is InChI=1S/C21H15ClF2N4O5/c1-25-19(29)15-10-13(6-7-26-15)31-16-4-2-11(8-14(16)22)27-20(30)28-12-3-5-17-18(9-12)33-21(23,24)32-17/h2-10H,1H3,(H,25,29)(H2,27,28,30). The largest absolute Gasteiger partial charge is 0.586 e. The van der Waals surface area contributed by atoms with Gasteiger partial charge in [-0.3, -0.25) is 9.78 Å². The van der Waals surface area contributed by atoms with Crippen molar-refractivity contribution in [2.24, 2.45) is 0 Å². The van der Waals surface area contributed by atoms with Gasteiger partial charge >= 0.3 is 12.3 Å². The van der Waals surface area contributed by atoms with Crippen LogP contribution in [0.2, 0.25) is 5.02 Å². The first-order valence-electron chi connectivity index (χ1n) is 9.36. The van der Waals surface area contributed by atoms with Crippen molar-refractivity contribution in [2.45, 2.75) is 6.29 Å². The quantitative estimate of drug-likeness (QED) is 0.485. The minimum atomic E-state index is -3.75. The molecule has 0 radical (unpaired) electrons. The van der Waals surface area contributed by atoms with Crippen molar-refractivity contribution in [1.82, 2.24) is 10.3 Å². The lowest BCUT2D eigenvalue weighted by Crippen LogP contribution is -2.25. The number of carbonyl (C=O) groups is 2. The Labute approximate surface area is 190 Å². The molecule has 0 aliphatic carbocycles. The van der Waals surface area contributed by atoms with E-state index < -0.39 is 12.3 Å². The SMILES string of the molecule is CNC(=O)c1cc(Oc2ccc(NC(=O)Nc3ccc4c(c3)OC(F)(F)O4)cc2Cl)ccn1. The topological polar surface area (TPSA) is 111 Å². The maximum absolute atomic E-state index is 13.1. The van der Waals surface area contributed by atoms with Gasteiger partial charge in [0, 0.05) is 36.8 Å². The lowest BCUT2D eigenvalue weighted by Gasteiger charge is -2.11. The number of alkyl halides is 2. The molecule has 0 bridgehead atoms. The minimum Gasteiger partial charge on any atom is -0.456 e. The second-order valence-electron chi connectivity index (χ2n) is 6.61. The van der Waals surface area contributed by atoms with E-state index >= 15 is 0 Å². The molecule has 1 aliphatic heterocycles. The van der Waals surface area contributed by atoms with Crippen molar-refractivity contribution in [3.8, 4) is 23.0 Å². The van der Waals surface area contributed by atoms with Gasteiger partial charge in [-0.1, -0.05) is 11.6 Å². The van der Waals surface area contributed by atoms with E-state index in [1.54, 1.807) is 12.1 Å². The summed E-state index contributed by atoms with van der Waals surface area (Å²) in [5.41, 5.74) is 0.731. The fraction of sp³-hybridized carbons (Fsp3) is 0.0952. The molecule has 12 heteroatoms. The number of rotatable bonds is 5. The number of urea groups is 1. The summed E-state index contributed by atoms with van der Waals surface area (Å²) in [6, 6.07) is 10.7. The molecule has 3 aromatic rings. The predicted molar refractivity (Wildman–Crippen MR) is 114 cm³/mol. The number of ether oxygens (including phenoxy) is 3. The molecule has 0 spiro atoms. The molecule has 33 heavy (non-hydrogen) atoms. The van der Waals surface area contributed by atoms with Gasteiger partial charge in [0.1, 0.15) is 17.2 Å². The Balaban J connectivity index is 1.40. The van der Waals surface area contributed by atoms with Crippen molar-refractivity contribution in [3.05, 3.63) is 65.4 Å². The van der Waals surface area contributed by atoms with E-state index in [0.717, 1.165) is 0 Å². The van der Waals surface area contributed by atoms with E-state index in [0.29, 0.717) is 11.4 Å². The Kier molecular flexibility index (Phi) is 5.88. The monoisotopic (exact) mass is 476 g/mol. The Hall–Kier alpha value is -4.12. The molecule has 1 aliphatic rings. The molecule has 0 atom stereocenters.